The quantitative estimate of drug-likeness (QED) is 0.309. The molecule has 0 fully saturated rings. The molecule has 2 aromatic carbocycles. The van der Waals surface area contributed by atoms with Crippen molar-refractivity contribution in [3.8, 4) is 16.8 Å². The zero-order valence-corrected chi connectivity index (χ0v) is 16.8. The number of aryl methyl sites for hydroxylation is 1. The van der Waals surface area contributed by atoms with Crippen LogP contribution in [0.2, 0.25) is 0 Å². The molecule has 4 aromatic rings. The van der Waals surface area contributed by atoms with Crippen LogP contribution in [0, 0.1) is 6.92 Å². The average molecular weight is 405 g/mol. The number of H-pyrrole nitrogens is 1. The van der Waals surface area contributed by atoms with Gasteiger partial charge in [-0.15, -0.1) is 0 Å². The lowest BCUT2D eigenvalue weighted by Gasteiger charge is -2.12. The van der Waals surface area contributed by atoms with Gasteiger partial charge < -0.3 is 9.72 Å². The minimum atomic E-state index is -0.378. The van der Waals surface area contributed by atoms with Gasteiger partial charge >= 0.3 is 5.97 Å². The standard InChI is InChI=1S/C22H19N3O3S/c1-14-8-10-16(11-9-14)25-21(27)20-19(24-22(25)29-13-18(26)28-2)17(12-23-20)15-6-4-3-5-7-15/h3-12,23H,13H2,1-2H3. The van der Waals surface area contributed by atoms with Gasteiger partial charge in [-0.2, -0.15) is 0 Å². The summed E-state index contributed by atoms with van der Waals surface area (Å²) in [4.78, 5) is 32.9. The van der Waals surface area contributed by atoms with Gasteiger partial charge in [0.05, 0.1) is 18.6 Å². The van der Waals surface area contributed by atoms with Crippen molar-refractivity contribution in [2.24, 2.45) is 0 Å². The maximum Gasteiger partial charge on any atom is 0.316 e. The summed E-state index contributed by atoms with van der Waals surface area (Å²) < 4.78 is 6.28. The van der Waals surface area contributed by atoms with Crippen LogP contribution in [0.1, 0.15) is 5.56 Å². The van der Waals surface area contributed by atoms with Gasteiger partial charge in [-0.05, 0) is 24.6 Å². The molecule has 0 aliphatic heterocycles. The Labute approximate surface area is 171 Å². The molecule has 4 rings (SSSR count). The molecule has 6 nitrogen and oxygen atoms in total. The highest BCUT2D eigenvalue weighted by molar-refractivity contribution is 7.99. The van der Waals surface area contributed by atoms with Crippen molar-refractivity contribution < 1.29 is 9.53 Å². The second kappa shape index (κ2) is 7.97. The van der Waals surface area contributed by atoms with E-state index < -0.39 is 0 Å². The number of benzene rings is 2. The summed E-state index contributed by atoms with van der Waals surface area (Å²) in [6.07, 6.45) is 1.79. The number of carbonyl (C=O) groups excluding carboxylic acids is 1. The van der Waals surface area contributed by atoms with Crippen LogP contribution in [-0.2, 0) is 9.53 Å². The molecule has 0 amide bonds. The molecule has 0 aliphatic carbocycles. The molecule has 0 atom stereocenters. The number of hydrogen-bond donors (Lipinski definition) is 1. The summed E-state index contributed by atoms with van der Waals surface area (Å²) in [5.41, 5.74) is 4.37. The van der Waals surface area contributed by atoms with Crippen LogP contribution in [0.25, 0.3) is 27.8 Å². The fraction of sp³-hybridized carbons (Fsp3) is 0.136. The molecule has 0 radical (unpaired) electrons. The molecule has 146 valence electrons. The fourth-order valence-corrected chi connectivity index (χ4v) is 3.92. The molecular formula is C22H19N3O3S. The van der Waals surface area contributed by atoms with Crippen LogP contribution in [0.4, 0.5) is 0 Å². The first-order valence-electron chi connectivity index (χ1n) is 9.04. The number of rotatable bonds is 5. The van der Waals surface area contributed by atoms with Crippen molar-refractivity contribution >= 4 is 28.8 Å². The Morgan fingerprint density at radius 3 is 2.55 bits per heavy atom. The van der Waals surface area contributed by atoms with Crippen LogP contribution >= 0.6 is 11.8 Å². The maximum absolute atomic E-state index is 13.4. The number of thioether (sulfide) groups is 1. The predicted octanol–water partition coefficient (Wildman–Crippen LogP) is 3.95. The van der Waals surface area contributed by atoms with E-state index in [1.807, 2.05) is 61.5 Å². The number of carbonyl (C=O) groups is 1. The minimum absolute atomic E-state index is 0.0609. The molecule has 7 heteroatoms. The molecule has 0 bridgehead atoms. The van der Waals surface area contributed by atoms with Crippen molar-refractivity contribution in [1.82, 2.24) is 14.5 Å². The van der Waals surface area contributed by atoms with E-state index in [1.165, 1.54) is 23.4 Å². The van der Waals surface area contributed by atoms with Crippen LogP contribution in [-0.4, -0.2) is 33.4 Å². The van der Waals surface area contributed by atoms with Gasteiger partial charge in [0, 0.05) is 11.8 Å². The minimum Gasteiger partial charge on any atom is -0.468 e. The van der Waals surface area contributed by atoms with E-state index in [-0.39, 0.29) is 17.3 Å². The molecule has 2 heterocycles. The first-order valence-corrected chi connectivity index (χ1v) is 10.0. The van der Waals surface area contributed by atoms with Crippen molar-refractivity contribution in [2.75, 3.05) is 12.9 Å². The number of aromatic amines is 1. The summed E-state index contributed by atoms with van der Waals surface area (Å²) in [5, 5.41) is 0.438. The molecular weight excluding hydrogens is 386 g/mol. The average Bonchev–Trinajstić information content (AvgIpc) is 3.18. The monoisotopic (exact) mass is 405 g/mol. The molecule has 0 saturated heterocycles. The van der Waals surface area contributed by atoms with Crippen LogP contribution in [0.15, 0.2) is 70.7 Å². The number of hydrogen-bond acceptors (Lipinski definition) is 5. The largest absolute Gasteiger partial charge is 0.468 e. The Morgan fingerprint density at radius 2 is 1.86 bits per heavy atom. The Bertz CT molecular complexity index is 1230. The lowest BCUT2D eigenvalue weighted by atomic mass is 10.1. The summed E-state index contributed by atoms with van der Waals surface area (Å²) in [7, 11) is 1.34. The molecule has 0 saturated carbocycles. The van der Waals surface area contributed by atoms with Gasteiger partial charge in [0.25, 0.3) is 5.56 Å². The highest BCUT2D eigenvalue weighted by Gasteiger charge is 2.18. The Kier molecular flexibility index (Phi) is 5.22. The molecule has 29 heavy (non-hydrogen) atoms. The van der Waals surface area contributed by atoms with Gasteiger partial charge in [-0.1, -0.05) is 59.8 Å². The summed E-state index contributed by atoms with van der Waals surface area (Å²) >= 11 is 1.18. The molecule has 0 aliphatic rings. The van der Waals surface area contributed by atoms with E-state index in [4.69, 9.17) is 9.72 Å². The van der Waals surface area contributed by atoms with E-state index in [2.05, 4.69) is 4.98 Å². The molecule has 0 spiro atoms. The third-order valence-corrected chi connectivity index (χ3v) is 5.50. The first-order chi connectivity index (χ1) is 14.1. The second-order valence-corrected chi connectivity index (χ2v) is 7.47. The Balaban J connectivity index is 1.93. The number of methoxy groups -OCH3 is 1. The third kappa shape index (κ3) is 3.69. The van der Waals surface area contributed by atoms with Gasteiger partial charge in [0.15, 0.2) is 5.16 Å². The first kappa shape index (κ1) is 19.0. The summed E-state index contributed by atoms with van der Waals surface area (Å²) in [6, 6.07) is 17.4. The van der Waals surface area contributed by atoms with Crippen LogP contribution in [0.3, 0.4) is 0 Å². The van der Waals surface area contributed by atoms with Crippen molar-refractivity contribution in [3.63, 3.8) is 0 Å². The van der Waals surface area contributed by atoms with E-state index in [0.717, 1.165) is 16.7 Å². The topological polar surface area (TPSA) is 77.0 Å². The zero-order valence-electron chi connectivity index (χ0n) is 16.0. The van der Waals surface area contributed by atoms with Crippen LogP contribution in [0.5, 0.6) is 0 Å². The smallest absolute Gasteiger partial charge is 0.316 e. The maximum atomic E-state index is 13.4. The lowest BCUT2D eigenvalue weighted by molar-refractivity contribution is -0.137. The normalized spacial score (nSPS) is 11.0. The number of aromatic nitrogens is 3. The number of nitrogens with one attached hydrogen (secondary N) is 1. The Morgan fingerprint density at radius 1 is 1.14 bits per heavy atom. The molecule has 2 aromatic heterocycles. The predicted molar refractivity (Wildman–Crippen MR) is 115 cm³/mol. The number of ether oxygens (including phenoxy) is 1. The van der Waals surface area contributed by atoms with E-state index >= 15 is 0 Å². The lowest BCUT2D eigenvalue weighted by Crippen LogP contribution is -2.22. The highest BCUT2D eigenvalue weighted by Crippen LogP contribution is 2.28. The van der Waals surface area contributed by atoms with Crippen molar-refractivity contribution in [3.05, 3.63) is 76.7 Å². The van der Waals surface area contributed by atoms with Crippen molar-refractivity contribution in [1.29, 1.82) is 0 Å². The van der Waals surface area contributed by atoms with E-state index in [1.54, 1.807) is 6.20 Å². The van der Waals surface area contributed by atoms with Crippen LogP contribution < -0.4 is 5.56 Å². The summed E-state index contributed by atoms with van der Waals surface area (Å²) in [6.45, 7) is 1.98. The van der Waals surface area contributed by atoms with Gasteiger partial charge in [-0.3, -0.25) is 14.2 Å². The Hall–Kier alpha value is -3.32. The van der Waals surface area contributed by atoms with E-state index in [9.17, 15) is 9.59 Å². The second-order valence-electron chi connectivity index (χ2n) is 6.53. The zero-order chi connectivity index (χ0) is 20.4. The van der Waals surface area contributed by atoms with Gasteiger partial charge in [0.2, 0.25) is 0 Å². The number of esters is 1. The summed E-state index contributed by atoms with van der Waals surface area (Å²) in [5.74, 6) is -0.317. The highest BCUT2D eigenvalue weighted by atomic mass is 32.2. The molecule has 1 N–H and O–H groups in total. The fourth-order valence-electron chi connectivity index (χ4n) is 3.08. The van der Waals surface area contributed by atoms with Crippen molar-refractivity contribution in [2.45, 2.75) is 12.1 Å². The number of nitrogens with zero attached hydrogens (tertiary/aromatic N) is 2. The van der Waals surface area contributed by atoms with Gasteiger partial charge in [-0.25, -0.2) is 4.98 Å². The van der Waals surface area contributed by atoms with E-state index in [0.29, 0.717) is 21.9 Å². The van der Waals surface area contributed by atoms with Gasteiger partial charge in [0.1, 0.15) is 11.0 Å². The SMILES string of the molecule is COC(=O)CSc1nc2c(-c3ccccc3)c[nH]c2c(=O)n1-c1ccc(C)cc1. The number of fused-ring (bicyclic) bond motifs is 1. The molecule has 0 unspecified atom stereocenters. The third-order valence-electron chi connectivity index (χ3n) is 4.59.